The molecular weight excluding hydrogens is 464 g/mol. The molecule has 31 heavy (non-hydrogen) atoms. The van der Waals surface area contributed by atoms with Gasteiger partial charge in [-0.05, 0) is 60.7 Å². The number of rotatable bonds is 6. The predicted molar refractivity (Wildman–Crippen MR) is 126 cm³/mol. The highest BCUT2D eigenvalue weighted by Crippen LogP contribution is 2.48. The molecule has 0 saturated carbocycles. The van der Waals surface area contributed by atoms with E-state index in [0.29, 0.717) is 6.16 Å². The van der Waals surface area contributed by atoms with Gasteiger partial charge in [0.1, 0.15) is 12.3 Å². The minimum absolute atomic E-state index is 0. The van der Waals surface area contributed by atoms with Gasteiger partial charge in [-0.2, -0.15) is 0 Å². The molecule has 1 nitrogen and oxygen atoms in total. The fourth-order valence-electron chi connectivity index (χ4n) is 1.89. The Bertz CT molecular complexity index is 997. The van der Waals surface area contributed by atoms with Crippen LogP contribution in [0.4, 0.5) is 18.2 Å². The van der Waals surface area contributed by atoms with Crippen LogP contribution in [0.2, 0.25) is 0 Å². The lowest BCUT2D eigenvalue weighted by Gasteiger charge is -2.22. The first-order valence-corrected chi connectivity index (χ1v) is 12.2. The van der Waals surface area contributed by atoms with Crippen molar-refractivity contribution in [3.8, 4) is 71.0 Å². The van der Waals surface area contributed by atoms with Crippen LogP contribution < -0.4 is 0 Å². The van der Waals surface area contributed by atoms with Gasteiger partial charge in [0.15, 0.2) is 0 Å². The summed E-state index contributed by atoms with van der Waals surface area (Å²) < 4.78 is 25.5. The summed E-state index contributed by atoms with van der Waals surface area (Å²) in [4.78, 5) is 0. The van der Waals surface area contributed by atoms with Gasteiger partial charge in [-0.25, -0.2) is 0 Å². The van der Waals surface area contributed by atoms with Gasteiger partial charge < -0.3 is 0 Å². The standard InChI is InChI=1S/C23H16ClF2NP2.2FH/c1-22-11-13-23(14-12-22)21-27(2)29(24)20-19-28(17-9-5-3-7-15-25)18-10-6-4-8-16-26;;/h11-14H,19-21H2,1-2H3;2*1H. The van der Waals surface area contributed by atoms with Crippen molar-refractivity contribution in [1.29, 1.82) is 0 Å². The highest BCUT2D eigenvalue weighted by atomic mass is 35.7. The summed E-state index contributed by atoms with van der Waals surface area (Å²) in [7, 11) is 0.0732. The van der Waals surface area contributed by atoms with Crippen LogP contribution >= 0.6 is 26.6 Å². The maximum absolute atomic E-state index is 11.7. The first-order valence-electron chi connectivity index (χ1n) is 8.27. The molecule has 1 rings (SSSR count). The van der Waals surface area contributed by atoms with Crippen molar-refractivity contribution < 1.29 is 18.2 Å². The number of nitrogens with zero attached hydrogens (tertiary/aromatic N) is 1. The summed E-state index contributed by atoms with van der Waals surface area (Å²) in [5, 5.41) is 0. The molecule has 1 aromatic carbocycles. The minimum atomic E-state index is -1.03. The van der Waals surface area contributed by atoms with Gasteiger partial charge in [0.25, 0.3) is 0 Å². The lowest BCUT2D eigenvalue weighted by molar-refractivity contribution is 0.551. The van der Waals surface area contributed by atoms with E-state index < -0.39 is 15.3 Å². The Morgan fingerprint density at radius 3 is 1.77 bits per heavy atom. The van der Waals surface area contributed by atoms with Crippen LogP contribution in [0.1, 0.15) is 11.1 Å². The lowest BCUT2D eigenvalue weighted by atomic mass is 10.1. The Morgan fingerprint density at radius 2 is 1.29 bits per heavy atom. The molecule has 0 bridgehead atoms. The quantitative estimate of drug-likeness (QED) is 0.292. The van der Waals surface area contributed by atoms with Gasteiger partial charge in [0, 0.05) is 36.4 Å². The second-order valence-corrected chi connectivity index (χ2v) is 10.2. The van der Waals surface area contributed by atoms with Crippen LogP contribution in [0, 0.1) is 78.0 Å². The van der Waals surface area contributed by atoms with Crippen molar-refractivity contribution in [3.63, 3.8) is 0 Å². The fraction of sp³-hybridized carbons (Fsp3) is 0.217. The average molecular weight is 482 g/mol. The molecule has 160 valence electrons. The number of hydrogen-bond acceptors (Lipinski definition) is 1. The first-order chi connectivity index (χ1) is 14.1. The summed E-state index contributed by atoms with van der Waals surface area (Å²) in [6.07, 6.45) is 3.78. The van der Waals surface area contributed by atoms with Gasteiger partial charge >= 0.3 is 0 Å². The smallest absolute Gasteiger partial charge is 0.119 e. The zero-order chi connectivity index (χ0) is 21.3. The summed E-state index contributed by atoms with van der Waals surface area (Å²) in [6, 6.07) is 8.33. The molecule has 0 N–H and O–H groups in total. The second-order valence-electron chi connectivity index (χ2n) is 5.43. The van der Waals surface area contributed by atoms with Crippen molar-refractivity contribution in [2.75, 3.05) is 19.4 Å². The second kappa shape index (κ2) is 19.4. The Morgan fingerprint density at radius 1 is 0.806 bits per heavy atom. The van der Waals surface area contributed by atoms with Gasteiger partial charge in [-0.3, -0.25) is 14.1 Å². The largest absolute Gasteiger partial charge is 0.269 e. The molecule has 0 saturated heterocycles. The molecule has 0 radical (unpaired) electrons. The van der Waals surface area contributed by atoms with Crippen LogP contribution in [-0.2, 0) is 6.54 Å². The number of aryl methyl sites for hydroxylation is 1. The van der Waals surface area contributed by atoms with Crippen molar-refractivity contribution in [2.24, 2.45) is 0 Å². The molecule has 0 aliphatic rings. The molecule has 1 atom stereocenters. The highest BCUT2D eigenvalue weighted by molar-refractivity contribution is 7.82. The molecule has 0 amide bonds. The Hall–Kier alpha value is -2.59. The molecular formula is C23H18ClF4NP2. The third-order valence-electron chi connectivity index (χ3n) is 3.26. The fourth-order valence-corrected chi connectivity index (χ4v) is 5.51. The molecule has 0 aliphatic carbocycles. The minimum Gasteiger partial charge on any atom is -0.269 e. The molecule has 1 aromatic rings. The Labute approximate surface area is 188 Å². The van der Waals surface area contributed by atoms with E-state index >= 15 is 0 Å². The maximum atomic E-state index is 11.7. The molecule has 0 spiro atoms. The summed E-state index contributed by atoms with van der Waals surface area (Å²) in [6.45, 7) is 2.81. The lowest BCUT2D eigenvalue weighted by Crippen LogP contribution is -2.11. The number of halogens is 5. The van der Waals surface area contributed by atoms with Crippen molar-refractivity contribution in [3.05, 3.63) is 35.4 Å². The van der Waals surface area contributed by atoms with E-state index in [0.717, 1.165) is 12.7 Å². The first kappa shape index (κ1) is 30.6. The van der Waals surface area contributed by atoms with Crippen molar-refractivity contribution in [2.45, 2.75) is 13.5 Å². The molecule has 0 fully saturated rings. The van der Waals surface area contributed by atoms with Crippen molar-refractivity contribution in [1.82, 2.24) is 4.67 Å². The third-order valence-corrected chi connectivity index (χ3v) is 7.81. The van der Waals surface area contributed by atoms with E-state index in [1.807, 2.05) is 18.9 Å². The van der Waals surface area contributed by atoms with E-state index in [1.54, 1.807) is 0 Å². The topological polar surface area (TPSA) is 3.24 Å². The van der Waals surface area contributed by atoms with Crippen LogP contribution in [0.5, 0.6) is 0 Å². The SMILES string of the molecule is Cc1ccc(CN(C)P(Cl)CCP(C#CC#CC#CF)C#CC#CC#CF)cc1.F.F. The van der Waals surface area contributed by atoms with Crippen LogP contribution in [0.25, 0.3) is 0 Å². The van der Waals surface area contributed by atoms with E-state index in [-0.39, 0.29) is 9.41 Å². The Balaban J connectivity index is 0. The monoisotopic (exact) mass is 481 g/mol. The molecule has 0 aliphatic heterocycles. The summed E-state index contributed by atoms with van der Waals surface area (Å²) in [5.41, 5.74) is 8.32. The van der Waals surface area contributed by atoms with Gasteiger partial charge in [-0.15, -0.1) is 8.78 Å². The third kappa shape index (κ3) is 14.9. The van der Waals surface area contributed by atoms with Crippen LogP contribution in [0.3, 0.4) is 0 Å². The highest BCUT2D eigenvalue weighted by Gasteiger charge is 2.14. The molecule has 0 heterocycles. The van der Waals surface area contributed by atoms with Gasteiger partial charge in [-0.1, -0.05) is 41.1 Å². The van der Waals surface area contributed by atoms with Crippen molar-refractivity contribution >= 4 is 26.6 Å². The zero-order valence-corrected chi connectivity index (χ0v) is 19.3. The number of hydrogen-bond donors (Lipinski definition) is 0. The van der Waals surface area contributed by atoms with E-state index in [1.165, 1.54) is 23.5 Å². The van der Waals surface area contributed by atoms with E-state index in [2.05, 4.69) is 82.7 Å². The van der Waals surface area contributed by atoms with Crippen LogP contribution in [-0.4, -0.2) is 24.0 Å². The Kier molecular flexibility index (Phi) is 19.1. The molecule has 8 heteroatoms. The van der Waals surface area contributed by atoms with Gasteiger partial charge in [0.05, 0.1) is 15.3 Å². The summed E-state index contributed by atoms with van der Waals surface area (Å²) in [5.74, 6) is 18.7. The number of benzene rings is 1. The van der Waals surface area contributed by atoms with E-state index in [4.69, 9.17) is 11.2 Å². The zero-order valence-electron chi connectivity index (χ0n) is 16.7. The van der Waals surface area contributed by atoms with Crippen LogP contribution in [0.15, 0.2) is 24.3 Å². The molecule has 1 unspecified atom stereocenters. The predicted octanol–water partition coefficient (Wildman–Crippen LogP) is 5.55. The molecule has 0 aromatic heterocycles. The summed E-state index contributed by atoms with van der Waals surface area (Å²) >= 11 is 6.59. The van der Waals surface area contributed by atoms with E-state index in [9.17, 15) is 8.78 Å². The maximum Gasteiger partial charge on any atom is 0.119 e. The average Bonchev–Trinajstić information content (AvgIpc) is 2.72. The normalized spacial score (nSPS) is 8.87. The van der Waals surface area contributed by atoms with Gasteiger partial charge in [0.2, 0.25) is 0 Å².